The lowest BCUT2D eigenvalue weighted by molar-refractivity contribution is -0.212. The third kappa shape index (κ3) is 6.83. The van der Waals surface area contributed by atoms with Crippen molar-refractivity contribution in [3.63, 3.8) is 0 Å². The highest BCUT2D eigenvalue weighted by molar-refractivity contribution is 7.99. The molecule has 2 unspecified atom stereocenters. The monoisotopic (exact) mass is 600 g/mol. The summed E-state index contributed by atoms with van der Waals surface area (Å²) >= 11 is 14.8. The van der Waals surface area contributed by atoms with E-state index in [-0.39, 0.29) is 6.61 Å². The molecule has 4 rings (SSSR count). The van der Waals surface area contributed by atoms with Crippen molar-refractivity contribution in [2.45, 2.75) is 55.5 Å². The summed E-state index contributed by atoms with van der Waals surface area (Å²) in [5.74, 6) is -1.76. The van der Waals surface area contributed by atoms with Crippen LogP contribution in [0.5, 0.6) is 0 Å². The Balaban J connectivity index is 1.78. The Morgan fingerprint density at radius 3 is 2.45 bits per heavy atom. The first-order valence-electron chi connectivity index (χ1n) is 11.2. The van der Waals surface area contributed by atoms with Crippen molar-refractivity contribution in [1.82, 2.24) is 20.0 Å². The summed E-state index contributed by atoms with van der Waals surface area (Å²) < 4.78 is 24.3. The van der Waals surface area contributed by atoms with Crippen molar-refractivity contribution in [3.05, 3.63) is 46.0 Å². The zero-order valence-electron chi connectivity index (χ0n) is 20.3. The summed E-state index contributed by atoms with van der Waals surface area (Å²) in [6, 6.07) is 4.10. The molecule has 1 aliphatic rings. The van der Waals surface area contributed by atoms with Gasteiger partial charge in [0.25, 0.3) is 0 Å². The van der Waals surface area contributed by atoms with Gasteiger partial charge in [0.05, 0.1) is 16.2 Å². The maximum Gasteiger partial charge on any atom is 0.303 e. The Morgan fingerprint density at radius 2 is 1.82 bits per heavy atom. The van der Waals surface area contributed by atoms with Crippen LogP contribution in [-0.2, 0) is 33.3 Å². The average Bonchev–Trinajstić information content (AvgIpc) is 3.54. The Kier molecular flexibility index (Phi) is 9.26. The predicted octanol–water partition coefficient (Wildman–Crippen LogP) is 4.19. The minimum Gasteiger partial charge on any atom is -0.463 e. The van der Waals surface area contributed by atoms with E-state index in [1.807, 2.05) is 0 Å². The molecule has 1 fully saturated rings. The molecule has 0 amide bonds. The average molecular weight is 601 g/mol. The van der Waals surface area contributed by atoms with Crippen molar-refractivity contribution >= 4 is 64.2 Å². The van der Waals surface area contributed by atoms with Gasteiger partial charge in [-0.2, -0.15) is 0 Å². The van der Waals surface area contributed by atoms with Gasteiger partial charge in [0.1, 0.15) is 34.9 Å². The first-order valence-corrected chi connectivity index (χ1v) is 13.7. The normalized spacial score (nSPS) is 23.0. The molecule has 15 heteroatoms. The zero-order valence-corrected chi connectivity index (χ0v) is 23.4. The molecule has 11 nitrogen and oxygen atoms in total. The molecule has 38 heavy (non-hydrogen) atoms. The molecular weight excluding hydrogens is 579 g/mol. The van der Waals surface area contributed by atoms with Gasteiger partial charge < -0.3 is 18.9 Å². The largest absolute Gasteiger partial charge is 0.463 e. The Hall–Kier alpha value is -2.71. The molecule has 3 heterocycles. The lowest BCUT2D eigenvalue weighted by Crippen LogP contribution is -2.57. The third-order valence-electron chi connectivity index (χ3n) is 5.28. The van der Waals surface area contributed by atoms with E-state index in [0.717, 1.165) is 0 Å². The Morgan fingerprint density at radius 1 is 1.08 bits per heavy atom. The highest BCUT2D eigenvalue weighted by atomic mass is 35.5. The van der Waals surface area contributed by atoms with E-state index in [1.54, 1.807) is 36.0 Å². The number of hydrogen-bond acceptors (Lipinski definition) is 12. The van der Waals surface area contributed by atoms with E-state index in [9.17, 15) is 14.4 Å². The van der Waals surface area contributed by atoms with E-state index >= 15 is 0 Å². The molecule has 202 valence electrons. The van der Waals surface area contributed by atoms with Crippen molar-refractivity contribution < 1.29 is 33.3 Å². The van der Waals surface area contributed by atoms with Crippen molar-refractivity contribution in [2.24, 2.45) is 0 Å². The molecule has 1 aromatic carbocycles. The molecule has 3 aromatic rings. The van der Waals surface area contributed by atoms with E-state index < -0.39 is 47.7 Å². The summed E-state index contributed by atoms with van der Waals surface area (Å²) in [5, 5.41) is 11.6. The van der Waals surface area contributed by atoms with Crippen LogP contribution in [0.15, 0.2) is 40.9 Å². The Bertz CT molecular complexity index is 1310. The number of rotatable bonds is 8. The molecule has 5 atom stereocenters. The van der Waals surface area contributed by atoms with Crippen LogP contribution < -0.4 is 0 Å². The summed E-state index contributed by atoms with van der Waals surface area (Å²) in [4.78, 5) is 41.0. The van der Waals surface area contributed by atoms with Crippen LogP contribution in [0, 0.1) is 0 Å². The van der Waals surface area contributed by atoms with Gasteiger partial charge in [-0.25, -0.2) is 9.67 Å². The smallest absolute Gasteiger partial charge is 0.303 e. The van der Waals surface area contributed by atoms with Gasteiger partial charge in [-0.15, -0.1) is 16.4 Å². The van der Waals surface area contributed by atoms with Gasteiger partial charge in [0, 0.05) is 37.2 Å². The molecule has 0 bridgehead atoms. The first kappa shape index (κ1) is 28.3. The van der Waals surface area contributed by atoms with Crippen LogP contribution in [0.25, 0.3) is 10.7 Å². The van der Waals surface area contributed by atoms with Crippen LogP contribution in [0.2, 0.25) is 10.0 Å². The van der Waals surface area contributed by atoms with E-state index in [1.165, 1.54) is 48.6 Å². The van der Waals surface area contributed by atoms with Crippen molar-refractivity contribution in [2.75, 3.05) is 6.61 Å². The first-order chi connectivity index (χ1) is 18.1. The molecular formula is C23H22Cl2N4O7S2. The molecule has 1 saturated heterocycles. The molecule has 0 radical (unpaired) electrons. The zero-order chi connectivity index (χ0) is 27.4. The predicted molar refractivity (Wildman–Crippen MR) is 139 cm³/mol. The number of thiazole rings is 1. The van der Waals surface area contributed by atoms with Gasteiger partial charge in [0.2, 0.25) is 0 Å². The Labute approximate surface area is 235 Å². The second-order valence-corrected chi connectivity index (χ2v) is 11.0. The van der Waals surface area contributed by atoms with Crippen LogP contribution in [0.3, 0.4) is 0 Å². The number of aromatic nitrogens is 4. The number of benzene rings is 1. The lowest BCUT2D eigenvalue weighted by Gasteiger charge is -2.44. The maximum absolute atomic E-state index is 12.2. The summed E-state index contributed by atoms with van der Waals surface area (Å²) in [6.07, 6.45) is 0.234. The number of hydrogen-bond donors (Lipinski definition) is 0. The van der Waals surface area contributed by atoms with Crippen molar-refractivity contribution in [3.8, 4) is 10.7 Å². The van der Waals surface area contributed by atoms with Crippen LogP contribution >= 0.6 is 46.3 Å². The summed E-state index contributed by atoms with van der Waals surface area (Å²) in [6.45, 7) is 3.51. The molecule has 2 aromatic heterocycles. The highest BCUT2D eigenvalue weighted by Gasteiger charge is 2.52. The highest BCUT2D eigenvalue weighted by Crippen LogP contribution is 2.42. The van der Waals surface area contributed by atoms with Crippen LogP contribution in [-0.4, -0.2) is 68.2 Å². The number of halogens is 2. The summed E-state index contributed by atoms with van der Waals surface area (Å²) in [7, 11) is 0. The van der Waals surface area contributed by atoms with Gasteiger partial charge >= 0.3 is 17.9 Å². The van der Waals surface area contributed by atoms with Crippen LogP contribution in [0.1, 0.15) is 26.8 Å². The van der Waals surface area contributed by atoms with Crippen molar-refractivity contribution in [1.29, 1.82) is 0 Å². The van der Waals surface area contributed by atoms with Gasteiger partial charge in [-0.3, -0.25) is 14.4 Å². The van der Waals surface area contributed by atoms with E-state index in [4.69, 9.17) is 42.1 Å². The fraction of sp³-hybridized carbons (Fsp3) is 0.391. The fourth-order valence-corrected chi connectivity index (χ4v) is 5.93. The lowest BCUT2D eigenvalue weighted by atomic mass is 9.96. The number of ether oxygens (including phenoxy) is 4. The topological polar surface area (TPSA) is 132 Å². The minimum atomic E-state index is -1.06. The standard InChI is InChI=1S/C23H22Cl2N4O7S2/c1-11(30)33-10-18-20(34-12(2)31)19(29-9-17(27-28-29)22-26-6-7-37-22)21(35-13(3)32)23(36-18)38-14-4-5-15(24)16(25)8-14/h4-9,18-21,23H,10H2,1-3H3/t18?,19-,20-,21?,23+/m0/s1. The number of nitrogens with zero attached hydrogens (tertiary/aromatic N) is 4. The van der Waals surface area contributed by atoms with E-state index in [2.05, 4.69) is 15.3 Å². The number of carbonyl (C=O) groups excluding carboxylic acids is 3. The second kappa shape index (κ2) is 12.4. The molecule has 0 spiro atoms. The quantitative estimate of drug-likeness (QED) is 0.272. The second-order valence-electron chi connectivity index (χ2n) is 8.10. The maximum atomic E-state index is 12.2. The van der Waals surface area contributed by atoms with Gasteiger partial charge in [0.15, 0.2) is 12.2 Å². The molecule has 0 N–H and O–H groups in total. The number of carbonyl (C=O) groups is 3. The molecule has 0 saturated carbocycles. The minimum absolute atomic E-state index is 0.233. The molecule has 0 aliphatic carbocycles. The van der Waals surface area contributed by atoms with Gasteiger partial charge in [-0.05, 0) is 18.2 Å². The fourth-order valence-electron chi connectivity index (χ4n) is 3.83. The third-order valence-corrected chi connectivity index (χ3v) is 7.95. The summed E-state index contributed by atoms with van der Waals surface area (Å²) in [5.41, 5.74) is -0.388. The molecule has 1 aliphatic heterocycles. The number of esters is 3. The number of thioether (sulfide) groups is 1. The SMILES string of the molecule is CC(=O)OCC1O[C@H](Sc2ccc(Cl)c(Cl)c2)C(OC(C)=O)[C@@H](n2cc(-c3nccs3)nn2)[C@H]1OC(C)=O. The van der Waals surface area contributed by atoms with E-state index in [0.29, 0.717) is 25.6 Å². The van der Waals surface area contributed by atoms with Crippen LogP contribution in [0.4, 0.5) is 0 Å². The van der Waals surface area contributed by atoms with Gasteiger partial charge in [-0.1, -0.05) is 40.2 Å².